The lowest BCUT2D eigenvalue weighted by Crippen LogP contribution is -2.31. The zero-order valence-corrected chi connectivity index (χ0v) is 13.8. The maximum Gasteiger partial charge on any atom is 0.277 e. The number of halogens is 1. The summed E-state index contributed by atoms with van der Waals surface area (Å²) in [6, 6.07) is 13.4. The van der Waals surface area contributed by atoms with Crippen molar-refractivity contribution in [3.05, 3.63) is 59.1 Å². The van der Waals surface area contributed by atoms with Crippen LogP contribution in [0.2, 0.25) is 0 Å². The monoisotopic (exact) mass is 343 g/mol. The number of hydrogen-bond donors (Lipinski definition) is 0. The molecule has 0 bridgehead atoms. The molecule has 0 aromatic heterocycles. The molecule has 1 aliphatic rings. The van der Waals surface area contributed by atoms with Crippen LogP contribution in [0.25, 0.3) is 5.57 Å². The molecule has 0 N–H and O–H groups in total. The van der Waals surface area contributed by atoms with Gasteiger partial charge in [0, 0.05) is 0 Å². The summed E-state index contributed by atoms with van der Waals surface area (Å²) in [5.41, 5.74) is 1.18. The smallest absolute Gasteiger partial charge is 0.277 e. The van der Waals surface area contributed by atoms with Crippen molar-refractivity contribution in [2.24, 2.45) is 0 Å². The minimum atomic E-state index is -0.544. The van der Waals surface area contributed by atoms with Crippen LogP contribution in [0.4, 0.5) is 5.69 Å². The Hall–Kier alpha value is -2.79. The molecule has 6 heteroatoms. The minimum absolute atomic E-state index is 0.0963. The highest BCUT2D eigenvalue weighted by molar-refractivity contribution is 6.60. The van der Waals surface area contributed by atoms with Crippen LogP contribution in [0.1, 0.15) is 5.56 Å². The second kappa shape index (κ2) is 6.37. The first-order valence-electron chi connectivity index (χ1n) is 7.14. The largest absolute Gasteiger partial charge is 0.497 e. The molecule has 3 rings (SSSR count). The van der Waals surface area contributed by atoms with Gasteiger partial charge in [0.25, 0.3) is 11.8 Å². The fraction of sp³-hybridized carbons (Fsp3) is 0.111. The molecule has 1 aliphatic heterocycles. The number of amides is 2. The fourth-order valence-electron chi connectivity index (χ4n) is 2.48. The minimum Gasteiger partial charge on any atom is -0.497 e. The van der Waals surface area contributed by atoms with E-state index in [0.29, 0.717) is 22.7 Å². The van der Waals surface area contributed by atoms with Crippen molar-refractivity contribution < 1.29 is 19.1 Å². The van der Waals surface area contributed by atoms with Crippen LogP contribution in [0.15, 0.2) is 53.6 Å². The second-order valence-electron chi connectivity index (χ2n) is 5.06. The Morgan fingerprint density at radius 1 is 0.792 bits per heavy atom. The summed E-state index contributed by atoms with van der Waals surface area (Å²) in [7, 11) is 3.10. The number of hydrogen-bond acceptors (Lipinski definition) is 4. The van der Waals surface area contributed by atoms with Gasteiger partial charge in [0.1, 0.15) is 16.5 Å². The number of imide groups is 1. The van der Waals surface area contributed by atoms with E-state index in [0.717, 1.165) is 4.90 Å². The molecule has 2 aromatic carbocycles. The van der Waals surface area contributed by atoms with E-state index in [-0.39, 0.29) is 10.6 Å². The molecule has 122 valence electrons. The molecule has 0 fully saturated rings. The van der Waals surface area contributed by atoms with Gasteiger partial charge in [-0.3, -0.25) is 9.59 Å². The van der Waals surface area contributed by atoms with Gasteiger partial charge >= 0.3 is 0 Å². The Morgan fingerprint density at radius 3 is 1.79 bits per heavy atom. The van der Waals surface area contributed by atoms with Gasteiger partial charge in [-0.1, -0.05) is 23.7 Å². The first kappa shape index (κ1) is 16.1. The molecule has 0 saturated carbocycles. The van der Waals surface area contributed by atoms with E-state index in [1.165, 1.54) is 0 Å². The standard InChI is InChI=1S/C18H14ClNO4/c1-23-13-7-3-11(4-8-13)15-16(19)18(22)20(17(15)21)12-5-9-14(24-2)10-6-12/h3-10H,1-2H3. The molecule has 24 heavy (non-hydrogen) atoms. The van der Waals surface area contributed by atoms with E-state index in [2.05, 4.69) is 0 Å². The lowest BCUT2D eigenvalue weighted by Gasteiger charge is -2.15. The molecule has 1 heterocycles. The summed E-state index contributed by atoms with van der Waals surface area (Å²) >= 11 is 6.15. The van der Waals surface area contributed by atoms with E-state index in [4.69, 9.17) is 21.1 Å². The van der Waals surface area contributed by atoms with Crippen LogP contribution in [-0.2, 0) is 9.59 Å². The van der Waals surface area contributed by atoms with Crippen molar-refractivity contribution in [2.75, 3.05) is 19.1 Å². The van der Waals surface area contributed by atoms with Crippen LogP contribution in [0.5, 0.6) is 11.5 Å². The summed E-state index contributed by atoms with van der Waals surface area (Å²) in [6.45, 7) is 0. The highest BCUT2D eigenvalue weighted by Gasteiger charge is 2.39. The lowest BCUT2D eigenvalue weighted by atomic mass is 10.1. The van der Waals surface area contributed by atoms with E-state index in [1.54, 1.807) is 62.8 Å². The fourth-order valence-corrected chi connectivity index (χ4v) is 2.75. The predicted molar refractivity (Wildman–Crippen MR) is 91.3 cm³/mol. The van der Waals surface area contributed by atoms with Crippen LogP contribution in [0.3, 0.4) is 0 Å². The zero-order chi connectivity index (χ0) is 17.3. The molecule has 0 aliphatic carbocycles. The molecule has 2 amide bonds. The van der Waals surface area contributed by atoms with Gasteiger partial charge in [0.2, 0.25) is 0 Å². The number of anilines is 1. The Labute approximate surface area is 144 Å². The van der Waals surface area contributed by atoms with Gasteiger partial charge in [-0.2, -0.15) is 0 Å². The first-order chi connectivity index (χ1) is 11.6. The van der Waals surface area contributed by atoms with Crippen molar-refractivity contribution in [3.63, 3.8) is 0 Å². The number of carbonyl (C=O) groups excluding carboxylic acids is 2. The molecular formula is C18H14ClNO4. The molecular weight excluding hydrogens is 330 g/mol. The molecule has 0 spiro atoms. The third kappa shape index (κ3) is 2.63. The average molecular weight is 344 g/mol. The maximum atomic E-state index is 12.7. The molecule has 0 saturated heterocycles. The maximum absolute atomic E-state index is 12.7. The number of methoxy groups -OCH3 is 2. The van der Waals surface area contributed by atoms with E-state index >= 15 is 0 Å². The number of benzene rings is 2. The summed E-state index contributed by atoms with van der Waals surface area (Å²) in [6.07, 6.45) is 0. The summed E-state index contributed by atoms with van der Waals surface area (Å²) in [5.74, 6) is 0.282. The molecule has 2 aromatic rings. The van der Waals surface area contributed by atoms with Crippen LogP contribution >= 0.6 is 11.6 Å². The van der Waals surface area contributed by atoms with Gasteiger partial charge in [0.05, 0.1) is 25.5 Å². The normalized spacial score (nSPS) is 14.4. The topological polar surface area (TPSA) is 55.8 Å². The number of ether oxygens (including phenoxy) is 2. The van der Waals surface area contributed by atoms with E-state index in [9.17, 15) is 9.59 Å². The number of nitrogens with zero attached hydrogens (tertiary/aromatic N) is 1. The SMILES string of the molecule is COc1ccc(C2=C(Cl)C(=O)N(c3ccc(OC)cc3)C2=O)cc1. The highest BCUT2D eigenvalue weighted by Crippen LogP contribution is 2.35. The second-order valence-corrected chi connectivity index (χ2v) is 5.44. The van der Waals surface area contributed by atoms with Crippen LogP contribution in [-0.4, -0.2) is 26.0 Å². The third-order valence-corrected chi connectivity index (χ3v) is 4.09. The Balaban J connectivity index is 1.97. The quantitative estimate of drug-likeness (QED) is 0.800. The lowest BCUT2D eigenvalue weighted by molar-refractivity contribution is -0.119. The van der Waals surface area contributed by atoms with Crippen molar-refractivity contribution >= 4 is 34.7 Å². The predicted octanol–water partition coefficient (Wildman–Crippen LogP) is 3.23. The number of rotatable bonds is 4. The molecule has 5 nitrogen and oxygen atoms in total. The average Bonchev–Trinajstić information content (AvgIpc) is 2.84. The van der Waals surface area contributed by atoms with Gasteiger partial charge in [0.15, 0.2) is 0 Å². The number of carbonyl (C=O) groups is 2. The van der Waals surface area contributed by atoms with Crippen molar-refractivity contribution in [1.82, 2.24) is 0 Å². The molecule has 0 radical (unpaired) electrons. The Kier molecular flexibility index (Phi) is 4.27. The van der Waals surface area contributed by atoms with E-state index in [1.807, 2.05) is 0 Å². The highest BCUT2D eigenvalue weighted by atomic mass is 35.5. The van der Waals surface area contributed by atoms with Crippen molar-refractivity contribution in [2.45, 2.75) is 0 Å². The van der Waals surface area contributed by atoms with Gasteiger partial charge in [-0.05, 0) is 42.0 Å². The van der Waals surface area contributed by atoms with E-state index < -0.39 is 11.8 Å². The summed E-state index contributed by atoms with van der Waals surface area (Å²) < 4.78 is 10.2. The van der Waals surface area contributed by atoms with Crippen LogP contribution < -0.4 is 14.4 Å². The third-order valence-electron chi connectivity index (χ3n) is 3.74. The van der Waals surface area contributed by atoms with Crippen molar-refractivity contribution in [1.29, 1.82) is 0 Å². The van der Waals surface area contributed by atoms with Crippen LogP contribution in [0, 0.1) is 0 Å². The van der Waals surface area contributed by atoms with Gasteiger partial charge < -0.3 is 9.47 Å². The summed E-state index contributed by atoms with van der Waals surface area (Å²) in [4.78, 5) is 26.2. The van der Waals surface area contributed by atoms with Gasteiger partial charge in [-0.25, -0.2) is 4.90 Å². The zero-order valence-electron chi connectivity index (χ0n) is 13.1. The summed E-state index contributed by atoms with van der Waals surface area (Å²) in [5, 5.41) is -0.0963. The van der Waals surface area contributed by atoms with Crippen molar-refractivity contribution in [3.8, 4) is 11.5 Å². The Morgan fingerprint density at radius 2 is 1.29 bits per heavy atom. The van der Waals surface area contributed by atoms with Gasteiger partial charge in [-0.15, -0.1) is 0 Å². The molecule has 0 unspecified atom stereocenters. The first-order valence-corrected chi connectivity index (χ1v) is 7.51. The molecule has 0 atom stereocenters. The Bertz CT molecular complexity index is 825.